The van der Waals surface area contributed by atoms with Gasteiger partial charge in [0, 0.05) is 24.2 Å². The number of hydrogen-bond donors (Lipinski definition) is 2. The van der Waals surface area contributed by atoms with Crippen molar-refractivity contribution in [2.24, 2.45) is 11.3 Å². The van der Waals surface area contributed by atoms with Gasteiger partial charge >= 0.3 is 0 Å². The first-order valence-corrected chi connectivity index (χ1v) is 9.99. The lowest BCUT2D eigenvalue weighted by Gasteiger charge is -2.28. The van der Waals surface area contributed by atoms with E-state index in [2.05, 4.69) is 34.0 Å². The van der Waals surface area contributed by atoms with Crippen molar-refractivity contribution in [3.63, 3.8) is 0 Å². The van der Waals surface area contributed by atoms with Gasteiger partial charge in [-0.25, -0.2) is 9.97 Å². The molecule has 1 aliphatic carbocycles. The second-order valence-corrected chi connectivity index (χ2v) is 8.72. The van der Waals surface area contributed by atoms with Crippen LogP contribution in [0.3, 0.4) is 0 Å². The molecule has 0 unspecified atom stereocenters. The summed E-state index contributed by atoms with van der Waals surface area (Å²) in [5.41, 5.74) is 5.84. The predicted octanol–water partition coefficient (Wildman–Crippen LogP) is 3.87. The second-order valence-electron chi connectivity index (χ2n) is 8.72. The van der Waals surface area contributed by atoms with Crippen LogP contribution in [0.2, 0.25) is 0 Å². The standard InChI is InChI=1S/C21H28N6O/c1-6-12(2)20(28)27(5)13-9-15-18(22-11-13)24-19(23-15)17-14-7-8-21(3,4)10-16(14)25-26-17/h9,11-12H,6-8,10H2,1-5H3,(H,25,26)(H,22,23,24)/t12-/m0/s1. The van der Waals surface area contributed by atoms with E-state index in [1.807, 2.05) is 19.9 Å². The van der Waals surface area contributed by atoms with Gasteiger partial charge in [-0.3, -0.25) is 9.89 Å². The molecule has 0 radical (unpaired) electrons. The van der Waals surface area contributed by atoms with Crippen molar-refractivity contribution in [3.8, 4) is 11.5 Å². The van der Waals surface area contributed by atoms with Gasteiger partial charge in [0.1, 0.15) is 11.2 Å². The molecule has 2 N–H and O–H groups in total. The van der Waals surface area contributed by atoms with Gasteiger partial charge in [0.25, 0.3) is 0 Å². The highest BCUT2D eigenvalue weighted by molar-refractivity contribution is 5.95. The minimum Gasteiger partial charge on any atom is -0.321 e. The summed E-state index contributed by atoms with van der Waals surface area (Å²) in [4.78, 5) is 26.6. The molecule has 3 heterocycles. The molecule has 0 spiro atoms. The van der Waals surface area contributed by atoms with E-state index < -0.39 is 0 Å². The molecule has 3 aromatic rings. The molecule has 4 rings (SSSR count). The Labute approximate surface area is 165 Å². The molecule has 28 heavy (non-hydrogen) atoms. The Morgan fingerprint density at radius 3 is 2.93 bits per heavy atom. The summed E-state index contributed by atoms with van der Waals surface area (Å²) in [7, 11) is 1.79. The zero-order valence-corrected chi connectivity index (χ0v) is 17.3. The van der Waals surface area contributed by atoms with Gasteiger partial charge in [-0.05, 0) is 37.2 Å². The Hall–Kier alpha value is -2.70. The average molecular weight is 380 g/mol. The van der Waals surface area contributed by atoms with E-state index in [1.165, 1.54) is 11.3 Å². The highest BCUT2D eigenvalue weighted by Gasteiger charge is 2.30. The topological polar surface area (TPSA) is 90.6 Å². The Balaban J connectivity index is 1.67. The van der Waals surface area contributed by atoms with Crippen LogP contribution in [-0.4, -0.2) is 38.1 Å². The van der Waals surface area contributed by atoms with E-state index in [9.17, 15) is 4.79 Å². The molecule has 0 aromatic carbocycles. The number of hydrogen-bond acceptors (Lipinski definition) is 4. The minimum atomic E-state index is -0.0183. The Morgan fingerprint density at radius 1 is 1.39 bits per heavy atom. The number of carbonyl (C=O) groups excluding carboxylic acids is 1. The van der Waals surface area contributed by atoms with E-state index in [4.69, 9.17) is 4.98 Å². The first-order valence-electron chi connectivity index (χ1n) is 9.99. The van der Waals surface area contributed by atoms with Crippen LogP contribution in [0.5, 0.6) is 0 Å². The summed E-state index contributed by atoms with van der Waals surface area (Å²) >= 11 is 0. The van der Waals surface area contributed by atoms with Crippen LogP contribution in [0.1, 0.15) is 51.8 Å². The maximum Gasteiger partial charge on any atom is 0.229 e. The summed E-state index contributed by atoms with van der Waals surface area (Å²) in [6, 6.07) is 1.91. The number of imidazole rings is 1. The normalized spacial score (nSPS) is 16.8. The molecular formula is C21H28N6O. The fourth-order valence-electron chi connectivity index (χ4n) is 3.86. The smallest absolute Gasteiger partial charge is 0.229 e. The molecule has 0 saturated heterocycles. The number of rotatable bonds is 4. The lowest BCUT2D eigenvalue weighted by Crippen LogP contribution is -2.31. The van der Waals surface area contributed by atoms with Gasteiger partial charge in [0.2, 0.25) is 5.91 Å². The van der Waals surface area contributed by atoms with Crippen LogP contribution in [0.25, 0.3) is 22.7 Å². The van der Waals surface area contributed by atoms with Crippen LogP contribution < -0.4 is 4.90 Å². The van der Waals surface area contributed by atoms with Crippen LogP contribution >= 0.6 is 0 Å². The van der Waals surface area contributed by atoms with Crippen LogP contribution in [0, 0.1) is 11.3 Å². The van der Waals surface area contributed by atoms with Crippen molar-refractivity contribution < 1.29 is 4.79 Å². The van der Waals surface area contributed by atoms with E-state index in [0.717, 1.165) is 48.4 Å². The van der Waals surface area contributed by atoms with Crippen molar-refractivity contribution >= 4 is 22.8 Å². The van der Waals surface area contributed by atoms with Gasteiger partial charge in [-0.2, -0.15) is 5.10 Å². The molecule has 7 nitrogen and oxygen atoms in total. The fraction of sp³-hybridized carbons (Fsp3) is 0.524. The third-order valence-electron chi connectivity index (χ3n) is 5.96. The summed E-state index contributed by atoms with van der Waals surface area (Å²) in [5, 5.41) is 7.74. The molecule has 148 valence electrons. The number of amides is 1. The maximum absolute atomic E-state index is 12.5. The van der Waals surface area contributed by atoms with Gasteiger partial charge in [0.15, 0.2) is 11.5 Å². The molecule has 0 fully saturated rings. The third-order valence-corrected chi connectivity index (χ3v) is 5.96. The number of H-pyrrole nitrogens is 2. The number of nitrogens with one attached hydrogen (secondary N) is 2. The van der Waals surface area contributed by atoms with Crippen LogP contribution in [0.15, 0.2) is 12.3 Å². The minimum absolute atomic E-state index is 0.0183. The van der Waals surface area contributed by atoms with Gasteiger partial charge in [-0.1, -0.05) is 27.7 Å². The zero-order chi connectivity index (χ0) is 20.1. The molecular weight excluding hydrogens is 352 g/mol. The number of anilines is 1. The van der Waals surface area contributed by atoms with E-state index in [0.29, 0.717) is 11.1 Å². The van der Waals surface area contributed by atoms with Crippen molar-refractivity contribution in [1.82, 2.24) is 25.1 Å². The second kappa shape index (κ2) is 6.72. The molecule has 1 atom stereocenters. The third kappa shape index (κ3) is 3.19. The maximum atomic E-state index is 12.5. The lowest BCUT2D eigenvalue weighted by atomic mass is 9.76. The van der Waals surface area contributed by atoms with Crippen LogP contribution in [0.4, 0.5) is 5.69 Å². The monoisotopic (exact) mass is 380 g/mol. The lowest BCUT2D eigenvalue weighted by molar-refractivity contribution is -0.121. The van der Waals surface area contributed by atoms with E-state index in [-0.39, 0.29) is 11.8 Å². The molecule has 7 heteroatoms. The van der Waals surface area contributed by atoms with E-state index >= 15 is 0 Å². The zero-order valence-electron chi connectivity index (χ0n) is 17.3. The molecule has 1 amide bonds. The number of fused-ring (bicyclic) bond motifs is 2. The van der Waals surface area contributed by atoms with Crippen molar-refractivity contribution in [2.75, 3.05) is 11.9 Å². The first-order chi connectivity index (χ1) is 13.3. The molecule has 0 aliphatic heterocycles. The van der Waals surface area contributed by atoms with Crippen molar-refractivity contribution in [3.05, 3.63) is 23.5 Å². The molecule has 0 saturated carbocycles. The first kappa shape index (κ1) is 18.7. The summed E-state index contributed by atoms with van der Waals surface area (Å²) in [6.45, 7) is 8.55. The quantitative estimate of drug-likeness (QED) is 0.719. The van der Waals surface area contributed by atoms with Crippen molar-refractivity contribution in [1.29, 1.82) is 0 Å². The molecule has 0 bridgehead atoms. The molecule has 3 aromatic heterocycles. The number of aromatic amines is 2. The number of carbonyl (C=O) groups is 1. The predicted molar refractivity (Wildman–Crippen MR) is 110 cm³/mol. The van der Waals surface area contributed by atoms with Gasteiger partial charge < -0.3 is 9.88 Å². The fourth-order valence-corrected chi connectivity index (χ4v) is 3.86. The van der Waals surface area contributed by atoms with E-state index in [1.54, 1.807) is 18.1 Å². The Kier molecular flexibility index (Phi) is 4.48. The van der Waals surface area contributed by atoms with Gasteiger partial charge in [0.05, 0.1) is 11.9 Å². The van der Waals surface area contributed by atoms with Crippen molar-refractivity contribution in [2.45, 2.75) is 53.4 Å². The number of aromatic nitrogens is 5. The molecule has 1 aliphatic rings. The summed E-state index contributed by atoms with van der Waals surface area (Å²) in [6.07, 6.45) is 5.66. The van der Waals surface area contributed by atoms with Crippen LogP contribution in [-0.2, 0) is 17.6 Å². The number of pyridine rings is 1. The number of nitrogens with zero attached hydrogens (tertiary/aromatic N) is 4. The van der Waals surface area contributed by atoms with Gasteiger partial charge in [-0.15, -0.1) is 0 Å². The Morgan fingerprint density at radius 2 is 2.18 bits per heavy atom. The largest absolute Gasteiger partial charge is 0.321 e. The summed E-state index contributed by atoms with van der Waals surface area (Å²) in [5.74, 6) is 0.798. The highest BCUT2D eigenvalue weighted by Crippen LogP contribution is 2.37. The highest BCUT2D eigenvalue weighted by atomic mass is 16.2. The average Bonchev–Trinajstić information content (AvgIpc) is 3.27. The SMILES string of the molecule is CC[C@H](C)C(=O)N(C)c1cnc2[nH]c(-c3n[nH]c4c3CCC(C)(C)C4)nc2c1. The summed E-state index contributed by atoms with van der Waals surface area (Å²) < 4.78 is 0. The Bertz CT molecular complexity index is 1030.